The van der Waals surface area contributed by atoms with E-state index in [0.717, 1.165) is 0 Å². The van der Waals surface area contributed by atoms with E-state index in [-0.39, 0.29) is 24.7 Å². The first kappa shape index (κ1) is 16.4. The van der Waals surface area contributed by atoms with E-state index in [1.165, 1.54) is 0 Å². The number of hydrogen-bond donors (Lipinski definition) is 0. The Morgan fingerprint density at radius 2 is 1.92 bits per heavy atom. The van der Waals surface area contributed by atoms with Crippen molar-refractivity contribution in [2.24, 2.45) is 0 Å². The maximum Gasteiger partial charge on any atom is 0.254 e. The Morgan fingerprint density at radius 3 is 2.50 bits per heavy atom. The lowest BCUT2D eigenvalue weighted by atomic mass is 10.1. The molecule has 7 heteroatoms. The van der Waals surface area contributed by atoms with Gasteiger partial charge in [-0.05, 0) is 38.1 Å². The van der Waals surface area contributed by atoms with Gasteiger partial charge in [0, 0.05) is 25.6 Å². The number of carbonyl (C=O) groups is 1. The second kappa shape index (κ2) is 7.00. The van der Waals surface area contributed by atoms with Crippen molar-refractivity contribution in [3.8, 4) is 5.75 Å². The van der Waals surface area contributed by atoms with Crippen LogP contribution in [0.25, 0.3) is 0 Å². The monoisotopic (exact) mass is 331 g/mol. The van der Waals surface area contributed by atoms with Gasteiger partial charge in [-0.15, -0.1) is 0 Å². The van der Waals surface area contributed by atoms with Gasteiger partial charge in [0.2, 0.25) is 11.7 Å². The van der Waals surface area contributed by atoms with Crippen LogP contribution in [-0.2, 0) is 11.3 Å². The standard InChI is InChI=1S/C17H21N3O4/c1-11-8-20(9-12(2)23-11)17(21)14-4-6-15(7-5-14)22-10-16-18-13(3)24-19-16/h4-7,11-12H,8-10H2,1-3H3/t11-,12+. The van der Waals surface area contributed by atoms with Gasteiger partial charge in [-0.1, -0.05) is 5.16 Å². The summed E-state index contributed by atoms with van der Waals surface area (Å²) in [5.41, 5.74) is 0.638. The van der Waals surface area contributed by atoms with Gasteiger partial charge >= 0.3 is 0 Å². The summed E-state index contributed by atoms with van der Waals surface area (Å²) >= 11 is 0. The topological polar surface area (TPSA) is 77.7 Å². The first-order valence-corrected chi connectivity index (χ1v) is 7.98. The van der Waals surface area contributed by atoms with Gasteiger partial charge in [0.15, 0.2) is 6.61 Å². The van der Waals surface area contributed by atoms with Crippen molar-refractivity contribution in [3.05, 3.63) is 41.5 Å². The van der Waals surface area contributed by atoms with Crippen molar-refractivity contribution in [2.75, 3.05) is 13.1 Å². The highest BCUT2D eigenvalue weighted by atomic mass is 16.5. The van der Waals surface area contributed by atoms with E-state index in [1.807, 2.05) is 18.7 Å². The Balaban J connectivity index is 1.60. The summed E-state index contributed by atoms with van der Waals surface area (Å²) in [5.74, 6) is 1.66. The van der Waals surface area contributed by atoms with Crippen LogP contribution in [0, 0.1) is 6.92 Å². The lowest BCUT2D eigenvalue weighted by molar-refractivity contribution is -0.0586. The van der Waals surface area contributed by atoms with Gasteiger partial charge in [0.05, 0.1) is 12.2 Å². The third-order valence-electron chi connectivity index (χ3n) is 3.75. The molecule has 2 aromatic rings. The SMILES string of the molecule is Cc1nc(COc2ccc(C(=O)N3C[C@@H](C)O[C@@H](C)C3)cc2)no1. The molecule has 1 aliphatic rings. The zero-order chi connectivity index (χ0) is 17.1. The molecule has 7 nitrogen and oxygen atoms in total. The Kier molecular flexibility index (Phi) is 4.80. The van der Waals surface area contributed by atoms with Crippen molar-refractivity contribution in [1.29, 1.82) is 0 Å². The predicted octanol–water partition coefficient (Wildman–Crippen LogP) is 2.21. The fourth-order valence-corrected chi connectivity index (χ4v) is 2.77. The Bertz CT molecular complexity index is 688. The van der Waals surface area contributed by atoms with Crippen LogP contribution in [0.4, 0.5) is 0 Å². The van der Waals surface area contributed by atoms with Crippen molar-refractivity contribution in [3.63, 3.8) is 0 Å². The molecule has 0 bridgehead atoms. The molecule has 1 aliphatic heterocycles. The number of rotatable bonds is 4. The molecule has 1 aromatic carbocycles. The van der Waals surface area contributed by atoms with Crippen LogP contribution in [0.15, 0.2) is 28.8 Å². The zero-order valence-corrected chi connectivity index (χ0v) is 14.1. The van der Waals surface area contributed by atoms with E-state index in [0.29, 0.717) is 36.1 Å². The quantitative estimate of drug-likeness (QED) is 0.855. The lowest BCUT2D eigenvalue weighted by Gasteiger charge is -2.35. The van der Waals surface area contributed by atoms with Crippen LogP contribution < -0.4 is 4.74 Å². The lowest BCUT2D eigenvalue weighted by Crippen LogP contribution is -2.48. The molecule has 1 amide bonds. The number of ether oxygens (including phenoxy) is 2. The number of carbonyl (C=O) groups excluding carboxylic acids is 1. The van der Waals surface area contributed by atoms with Gasteiger partial charge in [-0.3, -0.25) is 4.79 Å². The fourth-order valence-electron chi connectivity index (χ4n) is 2.77. The molecular weight excluding hydrogens is 310 g/mol. The highest BCUT2D eigenvalue weighted by Gasteiger charge is 2.26. The van der Waals surface area contributed by atoms with Crippen molar-refractivity contribution in [2.45, 2.75) is 39.6 Å². The van der Waals surface area contributed by atoms with E-state index < -0.39 is 0 Å². The number of morpholine rings is 1. The molecule has 2 heterocycles. The van der Waals surface area contributed by atoms with E-state index >= 15 is 0 Å². The fraction of sp³-hybridized carbons (Fsp3) is 0.471. The molecule has 3 rings (SSSR count). The van der Waals surface area contributed by atoms with Gasteiger partial charge in [-0.25, -0.2) is 0 Å². The Labute approximate surface area is 140 Å². The highest BCUT2D eigenvalue weighted by Crippen LogP contribution is 2.18. The average Bonchev–Trinajstić information content (AvgIpc) is 2.97. The molecule has 0 radical (unpaired) electrons. The molecule has 0 saturated carbocycles. The van der Waals surface area contributed by atoms with E-state index in [2.05, 4.69) is 10.1 Å². The predicted molar refractivity (Wildman–Crippen MR) is 85.7 cm³/mol. The minimum atomic E-state index is 0.0114. The normalized spacial score (nSPS) is 20.9. The molecule has 2 atom stereocenters. The number of nitrogens with zero attached hydrogens (tertiary/aromatic N) is 3. The van der Waals surface area contributed by atoms with Crippen molar-refractivity contribution in [1.82, 2.24) is 15.0 Å². The van der Waals surface area contributed by atoms with Gasteiger partial charge < -0.3 is 18.9 Å². The Hall–Kier alpha value is -2.41. The number of benzene rings is 1. The van der Waals surface area contributed by atoms with Crippen LogP contribution in [0.1, 0.15) is 35.9 Å². The minimum absolute atomic E-state index is 0.0114. The molecule has 0 aliphatic carbocycles. The first-order valence-electron chi connectivity index (χ1n) is 7.98. The zero-order valence-electron chi connectivity index (χ0n) is 14.1. The molecule has 1 saturated heterocycles. The summed E-state index contributed by atoms with van der Waals surface area (Å²) in [5, 5.41) is 3.77. The molecule has 128 valence electrons. The molecule has 0 spiro atoms. The van der Waals surface area contributed by atoms with Gasteiger partial charge in [0.1, 0.15) is 5.75 Å². The average molecular weight is 331 g/mol. The van der Waals surface area contributed by atoms with Crippen molar-refractivity contribution < 1.29 is 18.8 Å². The number of amides is 1. The number of aromatic nitrogens is 2. The largest absolute Gasteiger partial charge is 0.485 e. The maximum atomic E-state index is 12.6. The second-order valence-electron chi connectivity index (χ2n) is 6.01. The highest BCUT2D eigenvalue weighted by molar-refractivity contribution is 5.94. The maximum absolute atomic E-state index is 12.6. The van der Waals surface area contributed by atoms with E-state index in [4.69, 9.17) is 14.0 Å². The summed E-state index contributed by atoms with van der Waals surface area (Å²) in [7, 11) is 0. The molecule has 24 heavy (non-hydrogen) atoms. The van der Waals surface area contributed by atoms with Crippen LogP contribution in [0.3, 0.4) is 0 Å². The first-order chi connectivity index (χ1) is 11.5. The number of aryl methyl sites for hydroxylation is 1. The summed E-state index contributed by atoms with van der Waals surface area (Å²) in [6.45, 7) is 7.13. The second-order valence-corrected chi connectivity index (χ2v) is 6.01. The van der Waals surface area contributed by atoms with Crippen molar-refractivity contribution >= 4 is 5.91 Å². The molecule has 1 fully saturated rings. The summed E-state index contributed by atoms with van der Waals surface area (Å²) < 4.78 is 16.1. The van der Waals surface area contributed by atoms with Crippen LogP contribution in [-0.4, -0.2) is 46.2 Å². The van der Waals surface area contributed by atoms with Gasteiger partial charge in [-0.2, -0.15) is 4.98 Å². The summed E-state index contributed by atoms with van der Waals surface area (Å²) in [6, 6.07) is 7.08. The summed E-state index contributed by atoms with van der Waals surface area (Å²) in [6.07, 6.45) is 0.109. The van der Waals surface area contributed by atoms with Crippen LogP contribution in [0.2, 0.25) is 0 Å². The third-order valence-corrected chi connectivity index (χ3v) is 3.75. The minimum Gasteiger partial charge on any atom is -0.485 e. The Morgan fingerprint density at radius 1 is 1.25 bits per heavy atom. The summed E-state index contributed by atoms with van der Waals surface area (Å²) in [4.78, 5) is 18.5. The molecule has 1 aromatic heterocycles. The molecule has 0 N–H and O–H groups in total. The molecule has 0 unspecified atom stereocenters. The number of hydrogen-bond acceptors (Lipinski definition) is 6. The van der Waals surface area contributed by atoms with E-state index in [1.54, 1.807) is 31.2 Å². The smallest absolute Gasteiger partial charge is 0.254 e. The van der Waals surface area contributed by atoms with Gasteiger partial charge in [0.25, 0.3) is 5.91 Å². The van der Waals surface area contributed by atoms with E-state index in [9.17, 15) is 4.79 Å². The molecular formula is C17H21N3O4. The van der Waals surface area contributed by atoms with Crippen LogP contribution >= 0.6 is 0 Å². The third kappa shape index (κ3) is 3.91. The van der Waals surface area contributed by atoms with Crippen LogP contribution in [0.5, 0.6) is 5.75 Å².